The lowest BCUT2D eigenvalue weighted by Gasteiger charge is -1.97. The smallest absolute Gasteiger partial charge is 0.212 e. The van der Waals surface area contributed by atoms with E-state index in [1.807, 2.05) is 0 Å². The summed E-state index contributed by atoms with van der Waals surface area (Å²) in [6.07, 6.45) is 4.37. The Balaban J connectivity index is 3.53. The molecule has 0 radical (unpaired) electrons. The lowest BCUT2D eigenvalue weighted by molar-refractivity contribution is 0.608. The average molecular weight is 341 g/mol. The first-order valence-corrected chi connectivity index (χ1v) is 9.72. The third-order valence-corrected chi connectivity index (χ3v) is 4.43. The van der Waals surface area contributed by atoms with Crippen LogP contribution >= 0.6 is 21.4 Å². The first kappa shape index (κ1) is 16.2. The molecular weight excluding hydrogens is 331 g/mol. The van der Waals surface area contributed by atoms with Gasteiger partial charge in [-0.2, -0.15) is 0 Å². The lowest BCUT2D eigenvalue weighted by Crippen LogP contribution is -2.25. The topological polar surface area (TPSA) is 68.3 Å². The molecule has 0 bridgehead atoms. The Morgan fingerprint density at radius 3 is 2.21 bits per heavy atom. The van der Waals surface area contributed by atoms with Gasteiger partial charge in [-0.15, -0.1) is 0 Å². The normalized spacial score (nSPS) is 14.6. The van der Waals surface area contributed by atoms with E-state index in [9.17, 15) is 16.8 Å². The molecule has 0 N–H and O–H groups in total. The third kappa shape index (κ3) is 5.36. The van der Waals surface area contributed by atoms with Crippen molar-refractivity contribution in [3.8, 4) is 0 Å². The Labute approximate surface area is 120 Å². The number of hydrogen-bond acceptors (Lipinski definition) is 4. The zero-order valence-corrected chi connectivity index (χ0v) is 12.7. The largest absolute Gasteiger partial charge is 0.261 e. The molecular formula is C11H10Cl2O4S2. The highest BCUT2D eigenvalue weighted by molar-refractivity contribution is 8.14. The van der Waals surface area contributed by atoms with Crippen molar-refractivity contribution in [2.75, 3.05) is 5.75 Å². The third-order valence-electron chi connectivity index (χ3n) is 2.14. The number of benzene rings is 1. The van der Waals surface area contributed by atoms with E-state index in [1.54, 1.807) is 0 Å². The van der Waals surface area contributed by atoms with E-state index in [1.165, 1.54) is 36.4 Å². The Morgan fingerprint density at radius 2 is 1.74 bits per heavy atom. The van der Waals surface area contributed by atoms with Gasteiger partial charge in [0, 0.05) is 21.4 Å². The predicted molar refractivity (Wildman–Crippen MR) is 77.5 cm³/mol. The minimum Gasteiger partial charge on any atom is -0.212 e. The first-order valence-electron chi connectivity index (χ1n) is 4.93. The van der Waals surface area contributed by atoms with E-state index < -0.39 is 18.1 Å². The molecule has 0 spiro atoms. The highest BCUT2D eigenvalue weighted by atomic mass is 35.7. The van der Waals surface area contributed by atoms with Crippen LogP contribution in [0.4, 0.5) is 0 Å². The summed E-state index contributed by atoms with van der Waals surface area (Å²) in [5.74, 6) is -0.362. The fraction of sp³-hybridized carbons (Fsp3) is 0.0909. The molecule has 0 unspecified atom stereocenters. The van der Waals surface area contributed by atoms with Gasteiger partial charge in [-0.05, 0) is 22.6 Å². The van der Waals surface area contributed by atoms with Crippen LogP contribution in [0.25, 0.3) is 12.2 Å². The zero-order chi connectivity index (χ0) is 14.7. The number of hydrogen-bond donors (Lipinski definition) is 0. The van der Waals surface area contributed by atoms with Gasteiger partial charge in [0.2, 0.25) is 9.05 Å². The molecule has 0 saturated carbocycles. The number of allylic oxidation sites excluding steroid dienone is 1. The van der Waals surface area contributed by atoms with Crippen molar-refractivity contribution in [3.05, 3.63) is 41.3 Å². The number of halogens is 2. The van der Waals surface area contributed by atoms with E-state index in [-0.39, 0.29) is 10.6 Å². The molecule has 4 nitrogen and oxygen atoms in total. The second-order valence-electron chi connectivity index (χ2n) is 3.54. The summed E-state index contributed by atoms with van der Waals surface area (Å²) < 4.78 is 44.2. The fourth-order valence-electron chi connectivity index (χ4n) is 1.35. The van der Waals surface area contributed by atoms with Crippen LogP contribution in [0.3, 0.4) is 0 Å². The van der Waals surface area contributed by atoms with Crippen molar-refractivity contribution in [1.82, 2.24) is 0 Å². The maximum absolute atomic E-state index is 11.2. The molecule has 0 atom stereocenters. The Bertz CT molecular complexity index is 809. The zero-order valence-electron chi connectivity index (χ0n) is 9.58. The van der Waals surface area contributed by atoms with Crippen molar-refractivity contribution in [3.63, 3.8) is 0 Å². The lowest BCUT2D eigenvalue weighted by atomic mass is 10.2. The van der Waals surface area contributed by atoms with Gasteiger partial charge in [-0.1, -0.05) is 30.9 Å². The Kier molecular flexibility index (Phi) is 5.20. The molecule has 0 heterocycles. The minimum atomic E-state index is -3.84. The molecule has 1 aromatic carbocycles. The van der Waals surface area contributed by atoms with E-state index in [4.69, 9.17) is 21.4 Å². The van der Waals surface area contributed by atoms with Gasteiger partial charge in [0.15, 0.2) is 0 Å². The monoisotopic (exact) mass is 340 g/mol. The molecule has 0 fully saturated rings. The molecule has 19 heavy (non-hydrogen) atoms. The Morgan fingerprint density at radius 1 is 1.11 bits per heavy atom. The summed E-state index contributed by atoms with van der Waals surface area (Å²) in [4.78, 5) is -0.0758. The summed E-state index contributed by atoms with van der Waals surface area (Å²) >= 11 is 0. The van der Waals surface area contributed by atoms with Gasteiger partial charge >= 0.3 is 0 Å². The first-order chi connectivity index (χ1) is 8.63. The van der Waals surface area contributed by atoms with Gasteiger partial charge in [0.25, 0.3) is 9.05 Å². The van der Waals surface area contributed by atoms with Crippen LogP contribution in [-0.2, 0) is 18.1 Å². The Hall–Kier alpha value is -0.820. The predicted octanol–water partition coefficient (Wildman–Crippen LogP) is 0.930. The van der Waals surface area contributed by atoms with Crippen LogP contribution < -0.4 is 10.4 Å². The van der Waals surface area contributed by atoms with Crippen LogP contribution in [0, 0.1) is 0 Å². The summed E-state index contributed by atoms with van der Waals surface area (Å²) in [7, 11) is 2.84. The van der Waals surface area contributed by atoms with Gasteiger partial charge in [-0.3, -0.25) is 0 Å². The molecule has 0 amide bonds. The van der Waals surface area contributed by atoms with E-state index in [0.29, 0.717) is 10.4 Å². The van der Waals surface area contributed by atoms with Crippen LogP contribution in [-0.4, -0.2) is 22.6 Å². The summed E-state index contributed by atoms with van der Waals surface area (Å²) in [6.45, 7) is 3.50. The van der Waals surface area contributed by atoms with Crippen molar-refractivity contribution in [1.29, 1.82) is 0 Å². The van der Waals surface area contributed by atoms with Crippen molar-refractivity contribution in [2.24, 2.45) is 0 Å². The highest BCUT2D eigenvalue weighted by Crippen LogP contribution is 2.10. The highest BCUT2D eigenvalue weighted by Gasteiger charge is 2.09. The molecule has 8 heteroatoms. The van der Waals surface area contributed by atoms with Gasteiger partial charge in [0.05, 0.1) is 10.6 Å². The summed E-state index contributed by atoms with van der Waals surface area (Å²) in [5.41, 5.74) is 0. The average Bonchev–Trinajstić information content (AvgIpc) is 2.25. The quantitative estimate of drug-likeness (QED) is 0.764. The maximum atomic E-state index is 11.2. The van der Waals surface area contributed by atoms with Crippen molar-refractivity contribution < 1.29 is 16.8 Å². The van der Waals surface area contributed by atoms with Crippen molar-refractivity contribution >= 4 is 51.6 Å². The maximum Gasteiger partial charge on any atom is 0.261 e. The second kappa shape index (κ2) is 6.09. The van der Waals surface area contributed by atoms with E-state index >= 15 is 0 Å². The number of rotatable bonds is 4. The standard InChI is InChI=1S/C11H10Cl2O4S2/c1-2-3-10-8-11(19(13,16)17)5-4-9(10)6-7-18(12,14)15/h2-6,8H,1,7H2/b9-6-,10-3-. The van der Waals surface area contributed by atoms with E-state index in [0.717, 1.165) is 0 Å². The molecule has 0 aromatic heterocycles. The molecule has 104 valence electrons. The molecule has 0 aliphatic heterocycles. The molecule has 0 saturated heterocycles. The SMILES string of the molecule is C=C/C=c1/cc(S(=O)(=O)Cl)cc/c1=C/CS(=O)(=O)Cl. The molecule has 1 rings (SSSR count). The van der Waals surface area contributed by atoms with Gasteiger partial charge in [-0.25, -0.2) is 16.8 Å². The van der Waals surface area contributed by atoms with Gasteiger partial charge < -0.3 is 0 Å². The van der Waals surface area contributed by atoms with Crippen molar-refractivity contribution in [2.45, 2.75) is 4.90 Å². The van der Waals surface area contributed by atoms with Crippen LogP contribution in [0.15, 0.2) is 35.7 Å². The van der Waals surface area contributed by atoms with Crippen LogP contribution in [0.1, 0.15) is 0 Å². The fourth-order valence-corrected chi connectivity index (χ4v) is 2.70. The van der Waals surface area contributed by atoms with Crippen LogP contribution in [0.5, 0.6) is 0 Å². The van der Waals surface area contributed by atoms with E-state index in [2.05, 4.69) is 6.58 Å². The molecule has 1 aromatic rings. The summed E-state index contributed by atoms with van der Waals surface area (Å²) in [5, 5.41) is 1.00. The minimum absolute atomic E-state index is 0.0758. The molecule has 0 aliphatic rings. The second-order valence-corrected chi connectivity index (χ2v) is 8.93. The molecule has 0 aliphatic carbocycles. The summed E-state index contributed by atoms with van der Waals surface area (Å²) in [6, 6.07) is 4.07. The van der Waals surface area contributed by atoms with Gasteiger partial charge in [0.1, 0.15) is 0 Å². The van der Waals surface area contributed by atoms with Crippen LogP contribution in [0.2, 0.25) is 0 Å².